The van der Waals surface area contributed by atoms with E-state index in [4.69, 9.17) is 12.2 Å². The molecule has 0 aliphatic heterocycles. The van der Waals surface area contributed by atoms with Gasteiger partial charge < -0.3 is 9.55 Å². The summed E-state index contributed by atoms with van der Waals surface area (Å²) >= 11 is 5.30. The maximum Gasteiger partial charge on any atom is 0.177 e. The summed E-state index contributed by atoms with van der Waals surface area (Å²) in [7, 11) is 0. The number of aromatic amines is 1. The first-order chi connectivity index (χ1) is 7.52. The van der Waals surface area contributed by atoms with Crippen LogP contribution in [0, 0.1) is 10.7 Å². The fourth-order valence-electron chi connectivity index (χ4n) is 1.94. The summed E-state index contributed by atoms with van der Waals surface area (Å²) in [4.78, 5) is 3.15. The second-order valence-corrected chi connectivity index (χ2v) is 5.60. The van der Waals surface area contributed by atoms with Crippen molar-refractivity contribution in [1.82, 2.24) is 9.55 Å². The van der Waals surface area contributed by atoms with Crippen molar-refractivity contribution < 1.29 is 0 Å². The highest BCUT2D eigenvalue weighted by Crippen LogP contribution is 2.16. The standard InChI is InChI=1S/C13H24N2S/c1-10(2)7-5-6-8-15-12(11(3)4)9-14-13(15)16/h9-11H,5-8H2,1-4H3,(H,14,16). The van der Waals surface area contributed by atoms with Crippen LogP contribution in [0.2, 0.25) is 0 Å². The zero-order valence-corrected chi connectivity index (χ0v) is 11.7. The fourth-order valence-corrected chi connectivity index (χ4v) is 2.20. The molecule has 3 heteroatoms. The van der Waals surface area contributed by atoms with Gasteiger partial charge in [-0.3, -0.25) is 0 Å². The molecule has 0 aliphatic carbocycles. The summed E-state index contributed by atoms with van der Waals surface area (Å²) in [6, 6.07) is 0. The Morgan fingerprint density at radius 1 is 1.25 bits per heavy atom. The van der Waals surface area contributed by atoms with Crippen LogP contribution in [0.3, 0.4) is 0 Å². The average molecular weight is 240 g/mol. The molecule has 0 atom stereocenters. The van der Waals surface area contributed by atoms with Crippen LogP contribution in [-0.4, -0.2) is 9.55 Å². The molecular weight excluding hydrogens is 216 g/mol. The lowest BCUT2D eigenvalue weighted by Crippen LogP contribution is -2.05. The topological polar surface area (TPSA) is 20.7 Å². The lowest BCUT2D eigenvalue weighted by Gasteiger charge is -2.11. The Kier molecular flexibility index (Phi) is 5.26. The molecule has 16 heavy (non-hydrogen) atoms. The van der Waals surface area contributed by atoms with Gasteiger partial charge >= 0.3 is 0 Å². The van der Waals surface area contributed by atoms with Gasteiger partial charge in [-0.25, -0.2) is 0 Å². The number of nitrogens with one attached hydrogen (secondary N) is 1. The van der Waals surface area contributed by atoms with Crippen molar-refractivity contribution in [2.75, 3.05) is 0 Å². The van der Waals surface area contributed by atoms with Gasteiger partial charge in [0.1, 0.15) is 0 Å². The van der Waals surface area contributed by atoms with Gasteiger partial charge in [0, 0.05) is 18.4 Å². The number of unbranched alkanes of at least 4 members (excludes halogenated alkanes) is 1. The maximum atomic E-state index is 5.30. The lowest BCUT2D eigenvalue weighted by atomic mass is 10.1. The van der Waals surface area contributed by atoms with Gasteiger partial charge in [-0.2, -0.15) is 0 Å². The van der Waals surface area contributed by atoms with Gasteiger partial charge in [-0.1, -0.05) is 40.5 Å². The normalized spacial score (nSPS) is 11.6. The predicted octanol–water partition coefficient (Wildman–Crippen LogP) is 4.50. The van der Waals surface area contributed by atoms with Crippen LogP contribution >= 0.6 is 12.2 Å². The molecule has 0 unspecified atom stereocenters. The van der Waals surface area contributed by atoms with Crippen molar-refractivity contribution in [3.63, 3.8) is 0 Å². The number of nitrogens with zero attached hydrogens (tertiary/aromatic N) is 1. The van der Waals surface area contributed by atoms with E-state index in [1.807, 2.05) is 0 Å². The minimum absolute atomic E-state index is 0.540. The summed E-state index contributed by atoms with van der Waals surface area (Å²) in [5.41, 5.74) is 1.33. The van der Waals surface area contributed by atoms with Gasteiger partial charge in [-0.15, -0.1) is 0 Å². The van der Waals surface area contributed by atoms with Crippen LogP contribution in [0.5, 0.6) is 0 Å². The molecule has 1 aromatic heterocycles. The van der Waals surface area contributed by atoms with Crippen LogP contribution in [0.25, 0.3) is 0 Å². The van der Waals surface area contributed by atoms with Crippen LogP contribution in [-0.2, 0) is 6.54 Å². The van der Waals surface area contributed by atoms with Gasteiger partial charge in [0.2, 0.25) is 0 Å². The molecular formula is C13H24N2S. The van der Waals surface area contributed by atoms with Gasteiger partial charge in [0.15, 0.2) is 4.77 Å². The third-order valence-corrected chi connectivity index (χ3v) is 3.24. The largest absolute Gasteiger partial charge is 0.337 e. The van der Waals surface area contributed by atoms with Crippen LogP contribution < -0.4 is 0 Å². The van der Waals surface area contributed by atoms with Crippen molar-refractivity contribution in [3.8, 4) is 0 Å². The lowest BCUT2D eigenvalue weighted by molar-refractivity contribution is 0.499. The Balaban J connectivity index is 2.53. The van der Waals surface area contributed by atoms with Gasteiger partial charge in [-0.05, 0) is 30.5 Å². The van der Waals surface area contributed by atoms with E-state index < -0.39 is 0 Å². The van der Waals surface area contributed by atoms with E-state index in [2.05, 4.69) is 43.4 Å². The highest BCUT2D eigenvalue weighted by Gasteiger charge is 2.07. The second kappa shape index (κ2) is 6.24. The van der Waals surface area contributed by atoms with Gasteiger partial charge in [0.25, 0.3) is 0 Å². The van der Waals surface area contributed by atoms with Crippen molar-refractivity contribution >= 4 is 12.2 Å². The zero-order valence-electron chi connectivity index (χ0n) is 10.9. The molecule has 0 aromatic carbocycles. The number of aromatic nitrogens is 2. The van der Waals surface area contributed by atoms with E-state index in [-0.39, 0.29) is 0 Å². The van der Waals surface area contributed by atoms with Crippen molar-refractivity contribution in [2.24, 2.45) is 5.92 Å². The zero-order chi connectivity index (χ0) is 12.1. The van der Waals surface area contributed by atoms with E-state index >= 15 is 0 Å². The van der Waals surface area contributed by atoms with E-state index in [0.29, 0.717) is 5.92 Å². The molecule has 1 rings (SSSR count). The summed E-state index contributed by atoms with van der Waals surface area (Å²) in [5, 5.41) is 0. The Labute approximate surface area is 104 Å². The molecule has 1 heterocycles. The first kappa shape index (κ1) is 13.5. The number of hydrogen-bond donors (Lipinski definition) is 1. The second-order valence-electron chi connectivity index (χ2n) is 5.21. The molecule has 1 N–H and O–H groups in total. The Morgan fingerprint density at radius 3 is 2.50 bits per heavy atom. The van der Waals surface area contributed by atoms with E-state index in [0.717, 1.165) is 17.2 Å². The molecule has 92 valence electrons. The van der Waals surface area contributed by atoms with Crippen molar-refractivity contribution in [3.05, 3.63) is 16.7 Å². The number of imidazole rings is 1. The number of hydrogen-bond acceptors (Lipinski definition) is 1. The first-order valence-electron chi connectivity index (χ1n) is 6.30. The van der Waals surface area contributed by atoms with Crippen LogP contribution in [0.15, 0.2) is 6.20 Å². The third kappa shape index (κ3) is 3.78. The molecule has 0 spiro atoms. The highest BCUT2D eigenvalue weighted by atomic mass is 32.1. The summed E-state index contributed by atoms with van der Waals surface area (Å²) < 4.78 is 3.12. The molecule has 0 bridgehead atoms. The Morgan fingerprint density at radius 2 is 1.94 bits per heavy atom. The molecule has 0 amide bonds. The smallest absolute Gasteiger partial charge is 0.177 e. The molecule has 1 aromatic rings. The summed E-state index contributed by atoms with van der Waals surface area (Å²) in [6.07, 6.45) is 5.89. The minimum atomic E-state index is 0.540. The first-order valence-corrected chi connectivity index (χ1v) is 6.71. The summed E-state index contributed by atoms with van der Waals surface area (Å²) in [5.74, 6) is 1.35. The average Bonchev–Trinajstić information content (AvgIpc) is 2.54. The van der Waals surface area contributed by atoms with Crippen LogP contribution in [0.1, 0.15) is 58.6 Å². The molecule has 0 fully saturated rings. The predicted molar refractivity (Wildman–Crippen MR) is 72.4 cm³/mol. The Hall–Kier alpha value is -0.570. The monoisotopic (exact) mass is 240 g/mol. The molecule has 0 saturated heterocycles. The molecule has 0 saturated carbocycles. The van der Waals surface area contributed by atoms with E-state index in [9.17, 15) is 0 Å². The number of H-pyrrole nitrogens is 1. The van der Waals surface area contributed by atoms with Crippen molar-refractivity contribution in [1.29, 1.82) is 0 Å². The van der Waals surface area contributed by atoms with Gasteiger partial charge in [0.05, 0.1) is 0 Å². The van der Waals surface area contributed by atoms with Crippen molar-refractivity contribution in [2.45, 2.75) is 59.4 Å². The molecule has 0 radical (unpaired) electrons. The third-order valence-electron chi connectivity index (χ3n) is 2.91. The van der Waals surface area contributed by atoms with E-state index in [1.54, 1.807) is 0 Å². The fraction of sp³-hybridized carbons (Fsp3) is 0.769. The summed E-state index contributed by atoms with van der Waals surface area (Å²) in [6.45, 7) is 10.0. The number of rotatable bonds is 6. The van der Waals surface area contributed by atoms with E-state index in [1.165, 1.54) is 25.0 Å². The quantitative estimate of drug-likeness (QED) is 0.573. The Bertz CT molecular complexity index is 360. The SMILES string of the molecule is CC(C)CCCCn1c(C(C)C)c[nH]c1=S. The highest BCUT2D eigenvalue weighted by molar-refractivity contribution is 7.71. The minimum Gasteiger partial charge on any atom is -0.337 e. The van der Waals surface area contributed by atoms with Crippen LogP contribution in [0.4, 0.5) is 0 Å². The maximum absolute atomic E-state index is 5.30. The molecule has 0 aliphatic rings. The molecule has 2 nitrogen and oxygen atoms in total.